The second-order valence-corrected chi connectivity index (χ2v) is 16.1. The van der Waals surface area contributed by atoms with Crippen molar-refractivity contribution in [1.82, 2.24) is 4.67 Å². The number of hydrogen-bond acceptors (Lipinski definition) is 1. The van der Waals surface area contributed by atoms with Gasteiger partial charge in [0, 0.05) is 25.1 Å². The van der Waals surface area contributed by atoms with E-state index in [0.29, 0.717) is 0 Å². The van der Waals surface area contributed by atoms with E-state index in [4.69, 9.17) is 0 Å². The summed E-state index contributed by atoms with van der Waals surface area (Å²) in [4.78, 5) is 0. The van der Waals surface area contributed by atoms with Gasteiger partial charge in [-0.25, -0.2) is 12.1 Å². The van der Waals surface area contributed by atoms with E-state index in [2.05, 4.69) is 162 Å². The van der Waals surface area contributed by atoms with Crippen LogP contribution in [-0.2, 0) is 17.1 Å². The number of aryl methyl sites for hydroxylation is 4. The molecule has 0 spiro atoms. The summed E-state index contributed by atoms with van der Waals surface area (Å²) in [6, 6.07) is 53.5. The quantitative estimate of drug-likeness (QED) is 0.0891. The molecule has 0 N–H and O–H groups in total. The molecule has 0 heterocycles. The molecule has 0 aliphatic heterocycles. The van der Waals surface area contributed by atoms with E-state index in [1.807, 2.05) is 30.3 Å². The fraction of sp³-hybridized carbons (Fsp3) is 0.171. The number of benzene rings is 4. The minimum atomic E-state index is -0.721. The summed E-state index contributed by atoms with van der Waals surface area (Å²) in [5, 5.41) is 7.09. The van der Waals surface area contributed by atoms with Crippen LogP contribution in [0.4, 0.5) is 0 Å². The molecule has 0 saturated carbocycles. The third-order valence-corrected chi connectivity index (χ3v) is 12.9. The molecule has 0 bridgehead atoms. The summed E-state index contributed by atoms with van der Waals surface area (Å²) < 4.78 is 2.64. The summed E-state index contributed by atoms with van der Waals surface area (Å²) in [5.41, 5.74) is 6.74. The van der Waals surface area contributed by atoms with Gasteiger partial charge in [-0.1, -0.05) is 102 Å². The molecular weight excluding hydrogens is 624 g/mol. The van der Waals surface area contributed by atoms with Crippen LogP contribution in [0.5, 0.6) is 0 Å². The predicted octanol–water partition coefficient (Wildman–Crippen LogP) is 8.84. The first kappa shape index (κ1) is 34.8. The summed E-state index contributed by atoms with van der Waals surface area (Å²) in [6.45, 7) is 11.3. The van der Waals surface area contributed by atoms with Crippen molar-refractivity contribution >= 4 is 42.5 Å². The Bertz CT molecular complexity index is 1590. The third kappa shape index (κ3) is 8.80. The Kier molecular flexibility index (Phi) is 12.7. The standard InChI is InChI=1S/C36H38NP2.C5H5.Fe/c1-26-20-27(2)23-33(22-26)39(34-24-28(3)21-29(4)25-34)37(6)30(5)35-18-13-19-36(35)38(31-14-9-7-10-15-31)32-16-11-8-12-17-32;1-2-4-5-3-1;/h7-25,30H,1-6H3;1-5H;/q-1;-5;/t30-;;/m1../s1. The van der Waals surface area contributed by atoms with Gasteiger partial charge in [-0.3, -0.25) is 4.67 Å². The van der Waals surface area contributed by atoms with Gasteiger partial charge < -0.3 is 30.3 Å². The van der Waals surface area contributed by atoms with Crippen molar-refractivity contribution in [3.05, 3.63) is 173 Å². The van der Waals surface area contributed by atoms with Crippen molar-refractivity contribution in [2.45, 2.75) is 40.7 Å². The Morgan fingerprint density at radius 3 is 1.36 bits per heavy atom. The van der Waals surface area contributed by atoms with Gasteiger partial charge in [-0.15, -0.1) is 10.9 Å². The molecule has 0 aliphatic rings. The number of rotatable bonds is 8. The van der Waals surface area contributed by atoms with Crippen LogP contribution in [0.3, 0.4) is 0 Å². The smallest absolute Gasteiger partial charge is 0.0274 e. The Balaban J connectivity index is 0.000000700. The van der Waals surface area contributed by atoms with Crippen LogP contribution in [0.1, 0.15) is 40.8 Å². The van der Waals surface area contributed by atoms with Crippen LogP contribution in [0.2, 0.25) is 0 Å². The van der Waals surface area contributed by atoms with E-state index >= 15 is 0 Å². The Morgan fingerprint density at radius 1 is 0.556 bits per heavy atom. The average Bonchev–Trinajstić information content (AvgIpc) is 3.74. The van der Waals surface area contributed by atoms with Crippen LogP contribution in [0.25, 0.3) is 0 Å². The molecule has 6 rings (SSSR count). The van der Waals surface area contributed by atoms with E-state index < -0.39 is 16.0 Å². The monoisotopic (exact) mass is 667 g/mol. The maximum absolute atomic E-state index is 2.64. The largest absolute Gasteiger partial charge is 0.748 e. The van der Waals surface area contributed by atoms with E-state index in [1.54, 1.807) is 0 Å². The zero-order valence-corrected chi connectivity index (χ0v) is 30.0. The summed E-state index contributed by atoms with van der Waals surface area (Å²) in [7, 11) is 0.954. The van der Waals surface area contributed by atoms with Crippen LogP contribution in [0.15, 0.2) is 146 Å². The van der Waals surface area contributed by atoms with Gasteiger partial charge in [0.05, 0.1) is 0 Å². The van der Waals surface area contributed by atoms with Crippen molar-refractivity contribution in [2.24, 2.45) is 0 Å². The maximum atomic E-state index is 2.64. The first-order valence-electron chi connectivity index (χ1n) is 15.3. The van der Waals surface area contributed by atoms with Gasteiger partial charge >= 0.3 is 0 Å². The van der Waals surface area contributed by atoms with Crippen molar-refractivity contribution < 1.29 is 17.1 Å². The van der Waals surface area contributed by atoms with E-state index in [0.717, 1.165) is 0 Å². The molecule has 0 fully saturated rings. The van der Waals surface area contributed by atoms with Crippen LogP contribution < -0.4 is 26.5 Å². The van der Waals surface area contributed by atoms with Crippen molar-refractivity contribution in [3.63, 3.8) is 0 Å². The molecule has 0 unspecified atom stereocenters. The molecule has 0 aromatic heterocycles. The topological polar surface area (TPSA) is 3.24 Å². The Morgan fingerprint density at radius 2 is 0.956 bits per heavy atom. The third-order valence-electron chi connectivity index (χ3n) is 7.88. The fourth-order valence-corrected chi connectivity index (χ4v) is 11.3. The molecule has 1 atom stereocenters. The molecule has 0 radical (unpaired) electrons. The molecule has 0 amide bonds. The van der Waals surface area contributed by atoms with Gasteiger partial charge in [-0.2, -0.15) is 6.07 Å². The minimum Gasteiger partial charge on any atom is -0.748 e. The summed E-state index contributed by atoms with van der Waals surface area (Å²) in [6.07, 6.45) is 0. The molecule has 45 heavy (non-hydrogen) atoms. The zero-order chi connectivity index (χ0) is 31.1. The van der Waals surface area contributed by atoms with Gasteiger partial charge in [-0.05, 0) is 94.2 Å². The van der Waals surface area contributed by atoms with E-state index in [-0.39, 0.29) is 23.1 Å². The molecule has 6 aromatic rings. The fourth-order valence-electron chi connectivity index (χ4n) is 5.92. The average molecular weight is 668 g/mol. The van der Waals surface area contributed by atoms with E-state index in [9.17, 15) is 0 Å². The molecule has 6 aromatic carbocycles. The molecule has 236 valence electrons. The Labute approximate surface area is 284 Å². The summed E-state index contributed by atoms with van der Waals surface area (Å²) in [5.74, 6) is 0. The minimum absolute atomic E-state index is 0. The van der Waals surface area contributed by atoms with Crippen molar-refractivity contribution in [1.29, 1.82) is 0 Å². The second kappa shape index (κ2) is 16.5. The van der Waals surface area contributed by atoms with Gasteiger partial charge in [0.1, 0.15) is 0 Å². The molecule has 1 nitrogen and oxygen atoms in total. The van der Waals surface area contributed by atoms with Crippen molar-refractivity contribution in [3.8, 4) is 0 Å². The van der Waals surface area contributed by atoms with Gasteiger partial charge in [0.2, 0.25) is 0 Å². The van der Waals surface area contributed by atoms with Crippen LogP contribution >= 0.6 is 16.0 Å². The van der Waals surface area contributed by atoms with E-state index in [1.165, 1.54) is 54.3 Å². The number of nitrogens with zero attached hydrogens (tertiary/aromatic N) is 1. The predicted molar refractivity (Wildman–Crippen MR) is 197 cm³/mol. The SMILES string of the molecule is Cc1cc(C)cc(P(c2cc(C)cc(C)c2)N(C)[C@H](C)[c-]2cccc2P(c2ccccc2)c2ccccc2)c1.[Fe].[cH-]1[cH-][cH-][cH-][cH-]1. The van der Waals surface area contributed by atoms with Crippen LogP contribution in [-0.4, -0.2) is 11.7 Å². The van der Waals surface area contributed by atoms with Gasteiger partial charge in [0.25, 0.3) is 0 Å². The number of hydrogen-bond donors (Lipinski definition) is 0. The molecular formula is C41H43FeNP2-6. The normalized spacial score (nSPS) is 11.7. The maximum Gasteiger partial charge on any atom is 0.0274 e. The molecule has 0 aliphatic carbocycles. The Hall–Kier alpha value is -3.08. The molecule has 0 saturated heterocycles. The second-order valence-electron chi connectivity index (χ2n) is 11.6. The van der Waals surface area contributed by atoms with Crippen LogP contribution in [0, 0.1) is 27.7 Å². The zero-order valence-electron chi connectivity index (χ0n) is 27.1. The first-order chi connectivity index (χ1) is 21.3. The first-order valence-corrected chi connectivity index (χ1v) is 18.0. The molecule has 4 heteroatoms. The summed E-state index contributed by atoms with van der Waals surface area (Å²) >= 11 is 0. The van der Waals surface area contributed by atoms with Crippen molar-refractivity contribution in [2.75, 3.05) is 7.05 Å². The van der Waals surface area contributed by atoms with Gasteiger partial charge in [0.15, 0.2) is 0 Å².